The first-order valence-electron chi connectivity index (χ1n) is 9.77. The second kappa shape index (κ2) is 12.1. The van der Waals surface area contributed by atoms with Gasteiger partial charge in [-0.05, 0) is 17.5 Å². The van der Waals surface area contributed by atoms with Gasteiger partial charge in [0.1, 0.15) is 0 Å². The third kappa shape index (κ3) is 9.85. The molecule has 0 aliphatic carbocycles. The minimum Gasteiger partial charge on any atom is -0.481 e. The van der Waals surface area contributed by atoms with Crippen LogP contribution >= 0.6 is 7.60 Å². The molecule has 0 saturated carbocycles. The highest BCUT2D eigenvalue weighted by Gasteiger charge is 2.37. The van der Waals surface area contributed by atoms with E-state index in [0.29, 0.717) is 17.4 Å². The summed E-state index contributed by atoms with van der Waals surface area (Å²) in [6.07, 6.45) is -2.77. The summed E-state index contributed by atoms with van der Waals surface area (Å²) in [5.74, 6) is -4.74. The van der Waals surface area contributed by atoms with E-state index < -0.39 is 54.3 Å². The van der Waals surface area contributed by atoms with Crippen molar-refractivity contribution in [1.82, 2.24) is 0 Å². The summed E-state index contributed by atoms with van der Waals surface area (Å²) in [5, 5.41) is 18.9. The van der Waals surface area contributed by atoms with Crippen LogP contribution in [0, 0.1) is 5.92 Å². The molecule has 0 aliphatic rings. The first kappa shape index (κ1) is 26.7. The fourth-order valence-electron chi connectivity index (χ4n) is 2.81. The van der Waals surface area contributed by atoms with Crippen LogP contribution in [0.4, 0.5) is 0 Å². The molecule has 2 atom stereocenters. The second-order valence-corrected chi connectivity index (χ2v) is 10.9. The van der Waals surface area contributed by atoms with Crippen molar-refractivity contribution in [3.8, 4) is 0 Å². The van der Waals surface area contributed by atoms with Crippen LogP contribution in [0.3, 0.4) is 0 Å². The summed E-state index contributed by atoms with van der Waals surface area (Å²) >= 11 is 0. The van der Waals surface area contributed by atoms with Crippen molar-refractivity contribution in [2.45, 2.75) is 25.7 Å². The van der Waals surface area contributed by atoms with Gasteiger partial charge >= 0.3 is 19.5 Å². The molecule has 0 fully saturated rings. The van der Waals surface area contributed by atoms with Crippen LogP contribution in [-0.2, 0) is 50.7 Å². The van der Waals surface area contributed by atoms with Crippen LogP contribution < -0.4 is 0 Å². The average Bonchev–Trinajstić information content (AvgIpc) is 2.76. The number of hydrogen-bond donors (Lipinski definition) is 2. The Balaban J connectivity index is 2.23. The number of carboxylic acid groups (broad SMARTS) is 2. The predicted octanol–water partition coefficient (Wildman–Crippen LogP) is 3.13. The van der Waals surface area contributed by atoms with Crippen LogP contribution in [0.25, 0.3) is 0 Å². The quantitative estimate of drug-likeness (QED) is 0.292. The standard InChI is InChI=1S/C21H25O10PS/c1-33(27,28)31-19(21(24)25)12-18(20(22)23)15-32(26,29-13-16-8-4-2-5-9-16)30-14-17-10-6-3-7-11-17/h2-11,18-19H,12-15H2,1H3,(H,22,23)(H,24,25). The Bertz CT molecular complexity index is 1030. The summed E-state index contributed by atoms with van der Waals surface area (Å²) in [5.41, 5.74) is 1.33. The van der Waals surface area contributed by atoms with Gasteiger partial charge in [-0.1, -0.05) is 60.7 Å². The summed E-state index contributed by atoms with van der Waals surface area (Å²) in [4.78, 5) is 23.2. The van der Waals surface area contributed by atoms with Crippen LogP contribution in [0.1, 0.15) is 17.5 Å². The van der Waals surface area contributed by atoms with Crippen LogP contribution in [0.5, 0.6) is 0 Å². The van der Waals surface area contributed by atoms with Crippen molar-refractivity contribution in [3.63, 3.8) is 0 Å². The molecule has 2 aromatic carbocycles. The Morgan fingerprint density at radius 2 is 1.33 bits per heavy atom. The highest BCUT2D eigenvalue weighted by molar-refractivity contribution is 7.86. The number of benzene rings is 2. The van der Waals surface area contributed by atoms with Crippen molar-refractivity contribution in [3.05, 3.63) is 71.8 Å². The normalized spacial score (nSPS) is 13.8. The number of rotatable bonds is 14. The molecule has 0 aromatic heterocycles. The largest absolute Gasteiger partial charge is 0.481 e. The Labute approximate surface area is 191 Å². The number of hydrogen-bond acceptors (Lipinski definition) is 8. The van der Waals surface area contributed by atoms with E-state index in [4.69, 9.17) is 9.05 Å². The van der Waals surface area contributed by atoms with Gasteiger partial charge in [-0.3, -0.25) is 13.5 Å². The van der Waals surface area contributed by atoms with E-state index in [-0.39, 0.29) is 13.2 Å². The Morgan fingerprint density at radius 1 is 0.879 bits per heavy atom. The van der Waals surface area contributed by atoms with Gasteiger partial charge in [-0.2, -0.15) is 8.42 Å². The van der Waals surface area contributed by atoms with E-state index in [9.17, 15) is 32.8 Å². The van der Waals surface area contributed by atoms with Crippen molar-refractivity contribution in [2.24, 2.45) is 5.92 Å². The SMILES string of the molecule is CS(=O)(=O)OC(CC(CP(=O)(OCc1ccccc1)OCc1ccccc1)C(=O)O)C(=O)O. The maximum absolute atomic E-state index is 13.5. The highest BCUT2D eigenvalue weighted by atomic mass is 32.2. The van der Waals surface area contributed by atoms with Crippen molar-refractivity contribution < 1.29 is 46.0 Å². The molecule has 0 radical (unpaired) electrons. The van der Waals surface area contributed by atoms with Gasteiger partial charge in [0.25, 0.3) is 10.1 Å². The molecule has 0 saturated heterocycles. The Kier molecular flexibility index (Phi) is 9.75. The molecule has 0 amide bonds. The fourth-order valence-corrected chi connectivity index (χ4v) is 5.22. The predicted molar refractivity (Wildman–Crippen MR) is 118 cm³/mol. The van der Waals surface area contributed by atoms with E-state index in [0.717, 1.165) is 0 Å². The van der Waals surface area contributed by atoms with E-state index in [1.165, 1.54) is 0 Å². The molecular weight excluding hydrogens is 475 g/mol. The Hall–Kier alpha value is -2.56. The summed E-state index contributed by atoms with van der Waals surface area (Å²) in [6, 6.07) is 17.4. The summed E-state index contributed by atoms with van der Waals surface area (Å²) in [6.45, 7) is -0.275. The number of carboxylic acids is 2. The topological polar surface area (TPSA) is 154 Å². The molecule has 0 heterocycles. The summed E-state index contributed by atoms with van der Waals surface area (Å²) < 4.78 is 51.8. The zero-order valence-electron chi connectivity index (χ0n) is 17.8. The molecule has 0 bridgehead atoms. The smallest absolute Gasteiger partial charge is 0.334 e. The highest BCUT2D eigenvalue weighted by Crippen LogP contribution is 2.52. The molecule has 0 spiro atoms. The van der Waals surface area contributed by atoms with Crippen molar-refractivity contribution >= 4 is 29.7 Å². The molecular formula is C21H25O10PS. The van der Waals surface area contributed by atoms with Gasteiger partial charge in [0, 0.05) is 0 Å². The average molecular weight is 500 g/mol. The maximum atomic E-state index is 13.5. The lowest BCUT2D eigenvalue weighted by Crippen LogP contribution is -2.33. The van der Waals surface area contributed by atoms with Crippen LogP contribution in [0.15, 0.2) is 60.7 Å². The van der Waals surface area contributed by atoms with Crippen molar-refractivity contribution in [1.29, 1.82) is 0 Å². The third-order valence-corrected chi connectivity index (χ3v) is 6.91. The minimum absolute atomic E-state index is 0.137. The third-order valence-electron chi connectivity index (χ3n) is 4.40. The van der Waals surface area contributed by atoms with Gasteiger partial charge in [0.15, 0.2) is 6.10 Å². The first-order chi connectivity index (χ1) is 15.5. The van der Waals surface area contributed by atoms with E-state index in [2.05, 4.69) is 4.18 Å². The van der Waals surface area contributed by atoms with Crippen molar-refractivity contribution in [2.75, 3.05) is 12.4 Å². The monoisotopic (exact) mass is 500 g/mol. The molecule has 33 heavy (non-hydrogen) atoms. The lowest BCUT2D eigenvalue weighted by molar-refractivity contribution is -0.148. The van der Waals surface area contributed by atoms with Gasteiger partial charge in [0.2, 0.25) is 0 Å². The van der Waals surface area contributed by atoms with Gasteiger partial charge in [-0.25, -0.2) is 4.79 Å². The first-order valence-corrected chi connectivity index (χ1v) is 13.3. The molecule has 10 nitrogen and oxygen atoms in total. The number of aliphatic carboxylic acids is 2. The molecule has 2 rings (SSSR count). The van der Waals surface area contributed by atoms with Gasteiger partial charge < -0.3 is 19.3 Å². The Morgan fingerprint density at radius 3 is 1.70 bits per heavy atom. The zero-order valence-corrected chi connectivity index (χ0v) is 19.5. The number of carbonyl (C=O) groups is 2. The zero-order chi connectivity index (χ0) is 24.5. The maximum Gasteiger partial charge on any atom is 0.334 e. The molecule has 12 heteroatoms. The summed E-state index contributed by atoms with van der Waals surface area (Å²) in [7, 11) is -8.26. The lowest BCUT2D eigenvalue weighted by Gasteiger charge is -2.23. The molecule has 2 N–H and O–H groups in total. The van der Waals surface area contributed by atoms with E-state index in [1.807, 2.05) is 0 Å². The van der Waals surface area contributed by atoms with Crippen LogP contribution in [0.2, 0.25) is 0 Å². The molecule has 0 aliphatic heterocycles. The molecule has 2 unspecified atom stereocenters. The van der Waals surface area contributed by atoms with E-state index in [1.54, 1.807) is 60.7 Å². The molecule has 2 aromatic rings. The van der Waals surface area contributed by atoms with Crippen LogP contribution in [-0.4, -0.2) is 49.1 Å². The second-order valence-electron chi connectivity index (χ2n) is 7.21. The van der Waals surface area contributed by atoms with Gasteiger partial charge in [-0.15, -0.1) is 0 Å². The van der Waals surface area contributed by atoms with E-state index >= 15 is 0 Å². The minimum atomic E-state index is -4.18. The lowest BCUT2D eigenvalue weighted by atomic mass is 10.0. The molecule has 180 valence electrons. The fraction of sp³-hybridized carbons (Fsp3) is 0.333. The van der Waals surface area contributed by atoms with Gasteiger partial charge in [0.05, 0.1) is 31.5 Å².